The van der Waals surface area contributed by atoms with Gasteiger partial charge in [-0.15, -0.1) is 17.5 Å². The maximum atomic E-state index is 6.46. The Kier molecular flexibility index (Phi) is 6.25. The molecule has 4 rings (SSSR count). The fourth-order valence-electron chi connectivity index (χ4n) is 3.78. The predicted molar refractivity (Wildman–Crippen MR) is 120 cm³/mol. The molecule has 1 heterocycles. The van der Waals surface area contributed by atoms with Crippen LogP contribution < -0.4 is 11.5 Å². The Bertz CT molecular complexity index is 1070. The molecular formula is C21H22Cl2N6. The van der Waals surface area contributed by atoms with Gasteiger partial charge in [0.2, 0.25) is 5.96 Å². The molecule has 0 spiro atoms. The Hall–Kier alpha value is -2.83. The van der Waals surface area contributed by atoms with Gasteiger partial charge < -0.3 is 11.5 Å². The van der Waals surface area contributed by atoms with E-state index in [1.54, 1.807) is 0 Å². The summed E-state index contributed by atoms with van der Waals surface area (Å²) in [6, 6.07) is 17.9. The first-order valence-corrected chi connectivity index (χ1v) is 9.46. The third-order valence-corrected chi connectivity index (χ3v) is 5.33. The van der Waals surface area contributed by atoms with Gasteiger partial charge in [-0.05, 0) is 49.4 Å². The molecule has 0 saturated heterocycles. The molecule has 8 heteroatoms. The number of guanidine groups is 1. The molecule has 29 heavy (non-hydrogen) atoms. The molecule has 1 aliphatic carbocycles. The quantitative estimate of drug-likeness (QED) is 0.375. The number of nitrogens with two attached hydrogens (primary N) is 2. The number of hydrogen-bond acceptors (Lipinski definition) is 3. The molecule has 0 aliphatic heterocycles. The third-order valence-electron chi connectivity index (χ3n) is 4.99. The highest BCUT2D eigenvalue weighted by Crippen LogP contribution is 2.37. The second-order valence-electron chi connectivity index (χ2n) is 6.85. The number of benzene rings is 2. The summed E-state index contributed by atoms with van der Waals surface area (Å²) in [6.07, 6.45) is 1.47. The zero-order chi connectivity index (χ0) is 19.7. The van der Waals surface area contributed by atoms with Crippen molar-refractivity contribution in [3.63, 3.8) is 0 Å². The first kappa shape index (κ1) is 20.9. The van der Waals surface area contributed by atoms with Crippen molar-refractivity contribution in [3.05, 3.63) is 82.1 Å². The molecule has 0 fully saturated rings. The van der Waals surface area contributed by atoms with E-state index in [1.165, 1.54) is 0 Å². The number of fused-ring (bicyclic) bond motifs is 1. The van der Waals surface area contributed by atoms with E-state index in [0.29, 0.717) is 6.42 Å². The topological polar surface area (TPSA) is 94.6 Å². The van der Waals surface area contributed by atoms with E-state index in [9.17, 15) is 0 Å². The van der Waals surface area contributed by atoms with E-state index < -0.39 is 0 Å². The summed E-state index contributed by atoms with van der Waals surface area (Å²) in [7, 11) is 0. The van der Waals surface area contributed by atoms with Crippen LogP contribution in [0.1, 0.15) is 34.9 Å². The molecule has 1 unspecified atom stereocenters. The Balaban J connectivity index is 0.00000240. The van der Waals surface area contributed by atoms with Crippen molar-refractivity contribution in [2.75, 3.05) is 0 Å². The van der Waals surface area contributed by atoms with Gasteiger partial charge >= 0.3 is 0 Å². The molecule has 6 nitrogen and oxygen atoms in total. The lowest BCUT2D eigenvalue weighted by Gasteiger charge is -2.23. The summed E-state index contributed by atoms with van der Waals surface area (Å²) in [5.41, 5.74) is 16.9. The predicted octanol–water partition coefficient (Wildman–Crippen LogP) is 3.96. The van der Waals surface area contributed by atoms with Crippen molar-refractivity contribution in [2.45, 2.75) is 25.7 Å². The van der Waals surface area contributed by atoms with Gasteiger partial charge in [-0.3, -0.25) is 0 Å². The maximum Gasteiger partial charge on any atom is 0.211 e. The van der Waals surface area contributed by atoms with E-state index in [2.05, 4.69) is 16.3 Å². The smallest absolute Gasteiger partial charge is 0.211 e. The van der Waals surface area contributed by atoms with Crippen LogP contribution in [-0.4, -0.2) is 21.5 Å². The molecule has 2 aromatic carbocycles. The lowest BCUT2D eigenvalue weighted by Crippen LogP contribution is -2.23. The number of halogens is 2. The Morgan fingerprint density at radius 1 is 1.07 bits per heavy atom. The fourth-order valence-corrected chi connectivity index (χ4v) is 4.07. The Morgan fingerprint density at radius 2 is 1.76 bits per heavy atom. The van der Waals surface area contributed by atoms with Gasteiger partial charge in [0, 0.05) is 10.6 Å². The van der Waals surface area contributed by atoms with Gasteiger partial charge in [-0.2, -0.15) is 10.2 Å². The number of aromatic nitrogens is 2. The van der Waals surface area contributed by atoms with Crippen molar-refractivity contribution in [3.8, 4) is 5.69 Å². The normalized spacial score (nSPS) is 16.8. The fraction of sp³-hybridized carbons (Fsp3) is 0.190. The standard InChI is InChI=1S/C21H21ClN6.ClH/c1-13-20-18(25-26-21(23)24)11-14(16-9-5-6-10-17(16)22)12-19(20)27-28(13)15-7-3-2-4-8-15;/h2-10,14H,11-12H2,1H3,(H4,23,24,26);1H/b25-18-;. The minimum Gasteiger partial charge on any atom is -0.369 e. The average molecular weight is 429 g/mol. The van der Waals surface area contributed by atoms with Crippen LogP contribution in [0, 0.1) is 6.92 Å². The minimum atomic E-state index is -0.0676. The van der Waals surface area contributed by atoms with Gasteiger partial charge in [0.05, 0.1) is 22.8 Å². The summed E-state index contributed by atoms with van der Waals surface area (Å²) in [4.78, 5) is 0. The van der Waals surface area contributed by atoms with Crippen LogP contribution in [0.4, 0.5) is 0 Å². The first-order valence-electron chi connectivity index (χ1n) is 9.08. The van der Waals surface area contributed by atoms with Crippen molar-refractivity contribution in [1.29, 1.82) is 0 Å². The molecule has 4 N–H and O–H groups in total. The van der Waals surface area contributed by atoms with Crippen molar-refractivity contribution in [2.24, 2.45) is 21.7 Å². The van der Waals surface area contributed by atoms with Crippen LogP contribution in [-0.2, 0) is 6.42 Å². The van der Waals surface area contributed by atoms with E-state index >= 15 is 0 Å². The molecule has 1 aliphatic rings. The van der Waals surface area contributed by atoms with Gasteiger partial charge in [0.15, 0.2) is 0 Å². The second kappa shape index (κ2) is 8.68. The zero-order valence-electron chi connectivity index (χ0n) is 15.9. The monoisotopic (exact) mass is 428 g/mol. The number of rotatable bonds is 3. The van der Waals surface area contributed by atoms with Crippen molar-refractivity contribution in [1.82, 2.24) is 9.78 Å². The van der Waals surface area contributed by atoms with Gasteiger partial charge in [0.25, 0.3) is 0 Å². The average Bonchev–Trinajstić information content (AvgIpc) is 3.04. The molecule has 0 radical (unpaired) electrons. The van der Waals surface area contributed by atoms with Crippen LogP contribution in [0.3, 0.4) is 0 Å². The van der Waals surface area contributed by atoms with E-state index in [0.717, 1.165) is 45.4 Å². The molecule has 150 valence electrons. The number of nitrogens with zero attached hydrogens (tertiary/aromatic N) is 4. The molecule has 0 saturated carbocycles. The number of para-hydroxylation sites is 1. The Morgan fingerprint density at radius 3 is 2.45 bits per heavy atom. The highest BCUT2D eigenvalue weighted by atomic mass is 35.5. The number of hydrogen-bond donors (Lipinski definition) is 2. The molecular weight excluding hydrogens is 407 g/mol. The lowest BCUT2D eigenvalue weighted by molar-refractivity contribution is 0.672. The largest absolute Gasteiger partial charge is 0.369 e. The summed E-state index contributed by atoms with van der Waals surface area (Å²) < 4.78 is 1.95. The molecule has 1 atom stereocenters. The second-order valence-corrected chi connectivity index (χ2v) is 7.26. The summed E-state index contributed by atoms with van der Waals surface area (Å²) in [5, 5.41) is 13.9. The van der Waals surface area contributed by atoms with Gasteiger partial charge in [-0.25, -0.2) is 4.68 Å². The van der Waals surface area contributed by atoms with E-state index in [4.69, 9.17) is 28.2 Å². The van der Waals surface area contributed by atoms with Gasteiger partial charge in [-0.1, -0.05) is 48.0 Å². The van der Waals surface area contributed by atoms with Crippen LogP contribution in [0.25, 0.3) is 5.69 Å². The Labute approximate surface area is 180 Å². The molecule has 0 bridgehead atoms. The van der Waals surface area contributed by atoms with Gasteiger partial charge in [0.1, 0.15) is 0 Å². The van der Waals surface area contributed by atoms with Crippen LogP contribution in [0.15, 0.2) is 64.8 Å². The maximum absolute atomic E-state index is 6.46. The summed E-state index contributed by atoms with van der Waals surface area (Å²) in [6.45, 7) is 2.04. The lowest BCUT2D eigenvalue weighted by atomic mass is 9.81. The van der Waals surface area contributed by atoms with Crippen molar-refractivity contribution < 1.29 is 0 Å². The minimum absolute atomic E-state index is 0. The van der Waals surface area contributed by atoms with Crippen LogP contribution in [0.5, 0.6) is 0 Å². The summed E-state index contributed by atoms with van der Waals surface area (Å²) in [5.74, 6) is 0.0923. The van der Waals surface area contributed by atoms with E-state index in [-0.39, 0.29) is 24.3 Å². The van der Waals surface area contributed by atoms with E-state index in [1.807, 2.05) is 60.1 Å². The molecule has 3 aromatic rings. The van der Waals surface area contributed by atoms with Crippen LogP contribution in [0.2, 0.25) is 5.02 Å². The SMILES string of the molecule is Cc1c2c(nn1-c1ccccc1)CC(c1ccccc1Cl)C/C2=N/N=C(N)N.Cl. The highest BCUT2D eigenvalue weighted by Gasteiger charge is 2.31. The van der Waals surface area contributed by atoms with Crippen LogP contribution >= 0.6 is 24.0 Å². The van der Waals surface area contributed by atoms with Crippen molar-refractivity contribution >= 4 is 35.7 Å². The zero-order valence-corrected chi connectivity index (χ0v) is 17.5. The first-order chi connectivity index (χ1) is 13.5. The molecule has 1 aromatic heterocycles. The summed E-state index contributed by atoms with van der Waals surface area (Å²) >= 11 is 6.46. The third kappa shape index (κ3) is 4.13. The molecule has 0 amide bonds. The highest BCUT2D eigenvalue weighted by molar-refractivity contribution is 6.31.